The zero-order chi connectivity index (χ0) is 16.5. The first-order valence-electron chi connectivity index (χ1n) is 7.38. The predicted molar refractivity (Wildman–Crippen MR) is 83.9 cm³/mol. The van der Waals surface area contributed by atoms with Crippen LogP contribution in [0.1, 0.15) is 37.7 Å². The number of nitrogens with zero attached hydrogens (tertiary/aromatic N) is 1. The van der Waals surface area contributed by atoms with Gasteiger partial charge in [-0.15, -0.1) is 0 Å². The largest absolute Gasteiger partial charge is 0.370 e. The fourth-order valence-corrected chi connectivity index (χ4v) is 2.53. The number of carbonyl (C=O) groups excluding carboxylic acids is 1. The molecule has 1 aliphatic heterocycles. The molecular weight excluding hydrogens is 323 g/mol. The molecule has 0 saturated carbocycles. The number of benzene rings is 1. The Balaban J connectivity index is 1.62. The predicted octanol–water partition coefficient (Wildman–Crippen LogP) is 3.41. The Morgan fingerprint density at radius 1 is 1.26 bits per heavy atom. The van der Waals surface area contributed by atoms with Crippen LogP contribution in [0.4, 0.5) is 4.39 Å². The van der Waals surface area contributed by atoms with E-state index in [1.165, 1.54) is 17.4 Å². The highest BCUT2D eigenvalue weighted by molar-refractivity contribution is 7.98. The molecule has 1 amide bonds. The maximum Gasteiger partial charge on any atom is 0.243 e. The fourth-order valence-electron chi connectivity index (χ4n) is 1.97. The van der Waals surface area contributed by atoms with Gasteiger partial charge in [-0.25, -0.2) is 9.87 Å². The number of rotatable bonds is 8. The summed E-state index contributed by atoms with van der Waals surface area (Å²) in [6.45, 7) is 0.611. The minimum Gasteiger partial charge on any atom is -0.370 e. The molecule has 1 saturated heterocycles. The Hall–Kier alpha value is -1.61. The number of hydrogen-bond acceptors (Lipinski definition) is 6. The van der Waals surface area contributed by atoms with Gasteiger partial charge in [-0.2, -0.15) is 4.28 Å². The molecule has 1 aliphatic rings. The highest BCUT2D eigenvalue weighted by Gasteiger charge is 2.20. The van der Waals surface area contributed by atoms with Crippen molar-refractivity contribution in [3.05, 3.63) is 40.7 Å². The Kier molecular flexibility index (Phi) is 7.34. The Morgan fingerprint density at radius 3 is 2.74 bits per heavy atom. The lowest BCUT2D eigenvalue weighted by molar-refractivity contribution is -0.259. The van der Waals surface area contributed by atoms with Crippen molar-refractivity contribution in [2.45, 2.75) is 32.1 Å². The molecule has 1 aromatic rings. The summed E-state index contributed by atoms with van der Waals surface area (Å²) in [6.07, 6.45) is 5.53. The summed E-state index contributed by atoms with van der Waals surface area (Å²) < 4.78 is 18.1. The average Bonchev–Trinajstić information content (AvgIpc) is 3.00. The minimum atomic E-state index is -0.358. The van der Waals surface area contributed by atoms with E-state index in [-0.39, 0.29) is 11.7 Å². The summed E-state index contributed by atoms with van der Waals surface area (Å²) in [7, 11) is 0. The van der Waals surface area contributed by atoms with E-state index in [1.807, 2.05) is 0 Å². The smallest absolute Gasteiger partial charge is 0.243 e. The van der Waals surface area contributed by atoms with E-state index in [1.54, 1.807) is 23.7 Å². The van der Waals surface area contributed by atoms with Crippen molar-refractivity contribution >= 4 is 24.0 Å². The Morgan fingerprint density at radius 2 is 2.00 bits per heavy atom. The van der Waals surface area contributed by atoms with Gasteiger partial charge in [0.25, 0.3) is 0 Å². The lowest BCUT2D eigenvalue weighted by atomic mass is 10.1. The molecule has 8 heteroatoms. The van der Waals surface area contributed by atoms with Crippen LogP contribution < -0.4 is 5.48 Å². The topological polar surface area (TPSA) is 71.0 Å². The van der Waals surface area contributed by atoms with Crippen LogP contribution in [0.5, 0.6) is 0 Å². The van der Waals surface area contributed by atoms with E-state index in [0.29, 0.717) is 18.1 Å². The molecule has 0 unspecified atom stereocenters. The molecule has 0 bridgehead atoms. The summed E-state index contributed by atoms with van der Waals surface area (Å²) in [4.78, 5) is 16.3. The zero-order valence-corrected chi connectivity index (χ0v) is 13.4. The monoisotopic (exact) mass is 342 g/mol. The summed E-state index contributed by atoms with van der Waals surface area (Å²) in [5, 5.41) is 10.4. The van der Waals surface area contributed by atoms with Crippen molar-refractivity contribution in [1.29, 1.82) is 0 Å². The van der Waals surface area contributed by atoms with Gasteiger partial charge in [0.1, 0.15) is 5.82 Å². The number of hydrogen-bond donors (Lipinski definition) is 2. The van der Waals surface area contributed by atoms with Crippen LogP contribution in [0.25, 0.3) is 6.08 Å². The van der Waals surface area contributed by atoms with E-state index in [9.17, 15) is 9.18 Å². The number of nitrogens with one attached hydrogen (secondary N) is 1. The van der Waals surface area contributed by atoms with Gasteiger partial charge in [0, 0.05) is 6.42 Å². The molecule has 0 aliphatic carbocycles. The molecule has 23 heavy (non-hydrogen) atoms. The van der Waals surface area contributed by atoms with Crippen LogP contribution >= 0.6 is 12.0 Å². The van der Waals surface area contributed by atoms with E-state index >= 15 is 0 Å². The standard InChI is InChI=1S/C15H19FN2O4S/c16-13-8-6-12(7-9-13)11-15-21-18(22-23-15)10-4-2-1-3-5-14(19)17-20/h6-9,11,20H,1-5,10H2,(H,17,19). The van der Waals surface area contributed by atoms with Gasteiger partial charge in [0.15, 0.2) is 0 Å². The van der Waals surface area contributed by atoms with E-state index in [4.69, 9.17) is 14.3 Å². The normalized spacial score (nSPS) is 16.5. The van der Waals surface area contributed by atoms with Crippen molar-refractivity contribution in [2.75, 3.05) is 6.54 Å². The molecule has 0 aromatic heterocycles. The number of carbonyl (C=O) groups is 1. The van der Waals surface area contributed by atoms with Gasteiger partial charge >= 0.3 is 0 Å². The van der Waals surface area contributed by atoms with Gasteiger partial charge in [-0.1, -0.05) is 25.0 Å². The second kappa shape index (κ2) is 9.51. The van der Waals surface area contributed by atoms with Crippen LogP contribution in [0, 0.1) is 5.82 Å². The van der Waals surface area contributed by atoms with Crippen LogP contribution in [-0.2, 0) is 13.9 Å². The summed E-state index contributed by atoms with van der Waals surface area (Å²) in [5.74, 6) is -0.635. The fraction of sp³-hybridized carbons (Fsp3) is 0.400. The van der Waals surface area contributed by atoms with Crippen LogP contribution in [0.3, 0.4) is 0 Å². The molecule has 1 heterocycles. The number of hydroxylamine groups is 3. The molecule has 0 atom stereocenters. The van der Waals surface area contributed by atoms with E-state index < -0.39 is 0 Å². The number of amides is 1. The quantitative estimate of drug-likeness (QED) is 0.326. The first-order chi connectivity index (χ1) is 11.2. The summed E-state index contributed by atoms with van der Waals surface area (Å²) in [6, 6.07) is 6.11. The van der Waals surface area contributed by atoms with E-state index in [2.05, 4.69) is 0 Å². The van der Waals surface area contributed by atoms with Crippen molar-refractivity contribution in [2.24, 2.45) is 0 Å². The SMILES string of the molecule is O=C(CCCCCCN1OSC(=Cc2ccc(F)cc2)O1)NO. The van der Waals surface area contributed by atoms with Crippen molar-refractivity contribution < 1.29 is 23.5 Å². The molecule has 2 rings (SSSR count). The van der Waals surface area contributed by atoms with Crippen molar-refractivity contribution in [3.63, 3.8) is 0 Å². The Labute approximate surface area is 138 Å². The molecule has 0 radical (unpaired) electrons. The molecule has 1 aromatic carbocycles. The Bertz CT molecular complexity index is 539. The second-order valence-corrected chi connectivity index (χ2v) is 5.74. The lowest BCUT2D eigenvalue weighted by Gasteiger charge is -2.10. The molecule has 126 valence electrons. The first kappa shape index (κ1) is 17.7. The molecule has 6 nitrogen and oxygen atoms in total. The first-order valence-corrected chi connectivity index (χ1v) is 8.12. The third kappa shape index (κ3) is 6.57. The lowest BCUT2D eigenvalue weighted by Crippen LogP contribution is -2.18. The molecular formula is C15H19FN2O4S. The van der Waals surface area contributed by atoms with Crippen LogP contribution in [-0.4, -0.2) is 22.9 Å². The minimum absolute atomic E-state index is 0.276. The summed E-state index contributed by atoms with van der Waals surface area (Å²) in [5.41, 5.74) is 2.45. The maximum absolute atomic E-state index is 12.8. The zero-order valence-electron chi connectivity index (χ0n) is 12.5. The van der Waals surface area contributed by atoms with Crippen LogP contribution in [0.2, 0.25) is 0 Å². The van der Waals surface area contributed by atoms with Gasteiger partial charge in [0.2, 0.25) is 11.0 Å². The molecule has 1 fully saturated rings. The third-order valence-corrected chi connectivity index (χ3v) is 3.77. The van der Waals surface area contributed by atoms with Gasteiger partial charge in [-0.05, 0) is 41.8 Å². The van der Waals surface area contributed by atoms with Gasteiger partial charge in [-0.3, -0.25) is 10.0 Å². The molecule has 0 spiro atoms. The third-order valence-electron chi connectivity index (χ3n) is 3.17. The number of unbranched alkanes of at least 4 members (excludes halogenated alkanes) is 3. The van der Waals surface area contributed by atoms with E-state index in [0.717, 1.165) is 43.3 Å². The maximum atomic E-state index is 12.8. The van der Waals surface area contributed by atoms with Crippen molar-refractivity contribution in [1.82, 2.24) is 10.7 Å². The summed E-state index contributed by atoms with van der Waals surface area (Å²) >= 11 is 1.12. The average molecular weight is 342 g/mol. The highest BCUT2D eigenvalue weighted by Crippen LogP contribution is 2.31. The number of halogens is 1. The highest BCUT2D eigenvalue weighted by atomic mass is 32.2. The molecule has 2 N–H and O–H groups in total. The second-order valence-electron chi connectivity index (χ2n) is 5.02. The van der Waals surface area contributed by atoms with Crippen molar-refractivity contribution in [3.8, 4) is 0 Å². The van der Waals surface area contributed by atoms with Gasteiger partial charge < -0.3 is 4.84 Å². The van der Waals surface area contributed by atoms with Crippen LogP contribution in [0.15, 0.2) is 29.4 Å². The van der Waals surface area contributed by atoms with Gasteiger partial charge in [0.05, 0.1) is 18.6 Å².